The van der Waals surface area contributed by atoms with Gasteiger partial charge < -0.3 is 15.0 Å². The lowest BCUT2D eigenvalue weighted by molar-refractivity contribution is 0.244. The monoisotopic (exact) mass is 430 g/mol. The molecule has 2 heterocycles. The molecule has 158 valence electrons. The Labute approximate surface area is 179 Å². The van der Waals surface area contributed by atoms with Gasteiger partial charge in [0.2, 0.25) is 5.79 Å². The van der Waals surface area contributed by atoms with E-state index in [2.05, 4.69) is 22.5 Å². The molecule has 3 atom stereocenters. The molecule has 0 bridgehead atoms. The van der Waals surface area contributed by atoms with Crippen molar-refractivity contribution in [2.45, 2.75) is 37.6 Å². The van der Waals surface area contributed by atoms with Gasteiger partial charge in [-0.05, 0) is 55.5 Å². The summed E-state index contributed by atoms with van der Waals surface area (Å²) in [6.07, 6.45) is 9.24. The molecule has 8 heteroatoms. The Morgan fingerprint density at radius 1 is 1.40 bits per heavy atom. The molecule has 1 aromatic carbocycles. The van der Waals surface area contributed by atoms with Crippen LogP contribution in [-0.2, 0) is 5.79 Å². The fourth-order valence-electron chi connectivity index (χ4n) is 3.81. The number of nitrogens with one attached hydrogen (secondary N) is 2. The highest BCUT2D eigenvalue weighted by molar-refractivity contribution is 6.30. The normalized spacial score (nSPS) is 22.5. The number of aliphatic hydroxyl groups is 1. The average molecular weight is 431 g/mol. The summed E-state index contributed by atoms with van der Waals surface area (Å²) >= 11 is 5.76. The van der Waals surface area contributed by atoms with E-state index in [0.29, 0.717) is 17.0 Å². The SMILES string of the molecule is C[C@@H](NC1(c2ccn(C(CO)c3ccc(Cl)c(F)c3)c(=O)c2)N=CC=CN1)C1CC1. The summed E-state index contributed by atoms with van der Waals surface area (Å²) in [5, 5.41) is 16.7. The topological polar surface area (TPSA) is 78.7 Å². The molecule has 0 amide bonds. The number of rotatable bonds is 7. The lowest BCUT2D eigenvalue weighted by Crippen LogP contribution is -2.55. The highest BCUT2D eigenvalue weighted by atomic mass is 35.5. The number of aliphatic imine (C=N–C) groups is 1. The second-order valence-electron chi connectivity index (χ2n) is 7.80. The first-order valence-electron chi connectivity index (χ1n) is 9.98. The highest BCUT2D eigenvalue weighted by Gasteiger charge is 2.38. The number of allylic oxidation sites excluding steroid dienone is 1. The molecule has 2 aromatic rings. The maximum absolute atomic E-state index is 13.9. The molecule has 0 saturated heterocycles. The van der Waals surface area contributed by atoms with Gasteiger partial charge in [0.25, 0.3) is 5.56 Å². The second-order valence-corrected chi connectivity index (χ2v) is 8.20. The summed E-state index contributed by atoms with van der Waals surface area (Å²) in [7, 11) is 0. The molecular weight excluding hydrogens is 407 g/mol. The van der Waals surface area contributed by atoms with Gasteiger partial charge in [0.1, 0.15) is 5.82 Å². The summed E-state index contributed by atoms with van der Waals surface area (Å²) in [4.78, 5) is 17.6. The Morgan fingerprint density at radius 3 is 2.80 bits per heavy atom. The van der Waals surface area contributed by atoms with E-state index in [9.17, 15) is 14.3 Å². The molecule has 4 rings (SSSR count). The van der Waals surface area contributed by atoms with Crippen molar-refractivity contribution in [1.82, 2.24) is 15.2 Å². The summed E-state index contributed by atoms with van der Waals surface area (Å²) in [6, 6.07) is 7.03. The van der Waals surface area contributed by atoms with Gasteiger partial charge in [0, 0.05) is 36.3 Å². The van der Waals surface area contributed by atoms with E-state index in [1.807, 2.05) is 0 Å². The summed E-state index contributed by atoms with van der Waals surface area (Å²) in [5.41, 5.74) is 0.797. The van der Waals surface area contributed by atoms with Crippen molar-refractivity contribution in [2.24, 2.45) is 10.9 Å². The Hall–Kier alpha value is -2.48. The molecule has 6 nitrogen and oxygen atoms in total. The van der Waals surface area contributed by atoms with Crippen molar-refractivity contribution in [3.05, 3.63) is 81.1 Å². The second kappa shape index (κ2) is 8.34. The summed E-state index contributed by atoms with van der Waals surface area (Å²) < 4.78 is 15.3. The molecule has 1 aliphatic carbocycles. The molecule has 1 aromatic heterocycles. The maximum atomic E-state index is 13.9. The van der Waals surface area contributed by atoms with Crippen LogP contribution >= 0.6 is 11.6 Å². The maximum Gasteiger partial charge on any atom is 0.251 e. The highest BCUT2D eigenvalue weighted by Crippen LogP contribution is 2.34. The van der Waals surface area contributed by atoms with E-state index in [4.69, 9.17) is 11.6 Å². The van der Waals surface area contributed by atoms with E-state index in [0.717, 1.165) is 0 Å². The number of benzene rings is 1. The quantitative estimate of drug-likeness (QED) is 0.631. The Bertz CT molecular complexity index is 1050. The molecule has 1 saturated carbocycles. The average Bonchev–Trinajstić information content (AvgIpc) is 3.58. The number of hydrogen-bond donors (Lipinski definition) is 3. The van der Waals surface area contributed by atoms with Crippen LogP contribution in [0.5, 0.6) is 0 Å². The number of aromatic nitrogens is 1. The molecule has 1 fully saturated rings. The molecule has 0 radical (unpaired) electrons. The number of halogens is 2. The van der Waals surface area contributed by atoms with Gasteiger partial charge in [-0.2, -0.15) is 0 Å². The van der Waals surface area contributed by atoms with Gasteiger partial charge in [-0.25, -0.2) is 9.38 Å². The van der Waals surface area contributed by atoms with Gasteiger partial charge in [-0.1, -0.05) is 17.7 Å². The van der Waals surface area contributed by atoms with Crippen molar-refractivity contribution in [3.8, 4) is 0 Å². The van der Waals surface area contributed by atoms with Crippen LogP contribution in [0.3, 0.4) is 0 Å². The van der Waals surface area contributed by atoms with Crippen LogP contribution in [0.2, 0.25) is 5.02 Å². The standard InChI is InChI=1S/C22H24ClFN4O2/c1-14(15-3-4-15)27-22(25-8-2-9-26-22)17-7-10-28(21(30)12-17)20(13-29)16-5-6-18(23)19(24)11-16/h2,5-12,14-15,20,25,27,29H,3-4,13H2,1H3/t14-,20?,22?/m1/s1. The van der Waals surface area contributed by atoms with Gasteiger partial charge >= 0.3 is 0 Å². The van der Waals surface area contributed by atoms with Crippen molar-refractivity contribution in [3.63, 3.8) is 0 Å². The molecule has 2 aliphatic rings. The molecule has 1 aliphatic heterocycles. The Morgan fingerprint density at radius 2 is 2.20 bits per heavy atom. The summed E-state index contributed by atoms with van der Waals surface area (Å²) in [6.45, 7) is 1.76. The number of pyridine rings is 1. The minimum absolute atomic E-state index is 0.00905. The van der Waals surface area contributed by atoms with Gasteiger partial charge in [0.15, 0.2) is 0 Å². The Balaban J connectivity index is 1.68. The largest absolute Gasteiger partial charge is 0.394 e. The van der Waals surface area contributed by atoms with Crippen molar-refractivity contribution < 1.29 is 9.50 Å². The zero-order valence-corrected chi connectivity index (χ0v) is 17.3. The first kappa shape index (κ1) is 20.8. The molecule has 30 heavy (non-hydrogen) atoms. The third-order valence-corrected chi connectivity index (χ3v) is 6.02. The first-order chi connectivity index (χ1) is 14.4. The summed E-state index contributed by atoms with van der Waals surface area (Å²) in [5.74, 6) is -0.929. The minimum Gasteiger partial charge on any atom is -0.394 e. The lowest BCUT2D eigenvalue weighted by atomic mass is 10.0. The van der Waals surface area contributed by atoms with Crippen LogP contribution in [0.1, 0.15) is 36.9 Å². The minimum atomic E-state index is -0.934. The van der Waals surface area contributed by atoms with Crippen LogP contribution in [0.25, 0.3) is 0 Å². The van der Waals surface area contributed by atoms with Gasteiger partial charge in [0.05, 0.1) is 17.7 Å². The molecular formula is C22H24ClFN4O2. The smallest absolute Gasteiger partial charge is 0.251 e. The zero-order chi connectivity index (χ0) is 21.3. The predicted octanol–water partition coefficient (Wildman–Crippen LogP) is 2.91. The van der Waals surface area contributed by atoms with Crippen LogP contribution in [-0.4, -0.2) is 28.5 Å². The number of nitrogens with zero attached hydrogens (tertiary/aromatic N) is 2. The van der Waals surface area contributed by atoms with E-state index in [-0.39, 0.29) is 23.2 Å². The first-order valence-corrected chi connectivity index (χ1v) is 10.4. The predicted molar refractivity (Wildman–Crippen MR) is 115 cm³/mol. The van der Waals surface area contributed by atoms with E-state index in [1.54, 1.807) is 36.8 Å². The van der Waals surface area contributed by atoms with Gasteiger partial charge in [-0.3, -0.25) is 10.1 Å². The van der Waals surface area contributed by atoms with Crippen LogP contribution in [0, 0.1) is 11.7 Å². The third-order valence-electron chi connectivity index (χ3n) is 5.71. The fraction of sp³-hybridized carbons (Fsp3) is 0.364. The van der Waals surface area contributed by atoms with E-state index >= 15 is 0 Å². The Kier molecular flexibility index (Phi) is 5.77. The molecule has 2 unspecified atom stereocenters. The third kappa shape index (κ3) is 4.05. The van der Waals surface area contributed by atoms with E-state index in [1.165, 1.54) is 35.6 Å². The molecule has 3 N–H and O–H groups in total. The van der Waals surface area contributed by atoms with Crippen LogP contribution < -0.4 is 16.2 Å². The van der Waals surface area contributed by atoms with Gasteiger partial charge in [-0.15, -0.1) is 0 Å². The zero-order valence-electron chi connectivity index (χ0n) is 16.6. The van der Waals surface area contributed by atoms with Crippen LogP contribution in [0.15, 0.2) is 58.6 Å². The van der Waals surface area contributed by atoms with Crippen molar-refractivity contribution in [2.75, 3.05) is 6.61 Å². The molecule has 0 spiro atoms. The lowest BCUT2D eigenvalue weighted by Gasteiger charge is -2.36. The van der Waals surface area contributed by atoms with Crippen LogP contribution in [0.4, 0.5) is 4.39 Å². The number of aliphatic hydroxyl groups excluding tert-OH is 1. The van der Waals surface area contributed by atoms with Crippen molar-refractivity contribution in [1.29, 1.82) is 0 Å². The fourth-order valence-corrected chi connectivity index (χ4v) is 3.93. The number of hydrogen-bond acceptors (Lipinski definition) is 5. The van der Waals surface area contributed by atoms with Crippen molar-refractivity contribution >= 4 is 17.8 Å². The van der Waals surface area contributed by atoms with E-state index < -0.39 is 17.6 Å².